The van der Waals surface area contributed by atoms with E-state index in [0.29, 0.717) is 6.04 Å². The molecule has 1 heterocycles. The molecule has 2 rings (SSSR count). The molecule has 2 aliphatic rings. The lowest BCUT2D eigenvalue weighted by Gasteiger charge is -2.36. The standard InChI is InChI=1S/C13H24N4/c1-3-15-13(11-14)5-4-12(10-13)17-8-6-16(2)7-9-17/h12,15H,3-10H2,1-2H3. The Hall–Kier alpha value is -0.630. The van der Waals surface area contributed by atoms with Crippen LogP contribution in [-0.4, -0.2) is 61.2 Å². The molecule has 4 nitrogen and oxygen atoms in total. The first-order valence-corrected chi connectivity index (χ1v) is 6.78. The first kappa shape index (κ1) is 12.8. The topological polar surface area (TPSA) is 42.3 Å². The molecule has 0 spiro atoms. The summed E-state index contributed by atoms with van der Waals surface area (Å²) in [5.74, 6) is 0. The highest BCUT2D eigenvalue weighted by molar-refractivity contribution is 5.13. The van der Waals surface area contributed by atoms with Gasteiger partial charge >= 0.3 is 0 Å². The summed E-state index contributed by atoms with van der Waals surface area (Å²) in [6.45, 7) is 7.63. The third-order valence-electron chi connectivity index (χ3n) is 4.27. The molecular weight excluding hydrogens is 212 g/mol. The lowest BCUT2D eigenvalue weighted by molar-refractivity contribution is 0.111. The molecule has 2 unspecified atom stereocenters. The highest BCUT2D eigenvalue weighted by atomic mass is 15.3. The zero-order valence-electron chi connectivity index (χ0n) is 11.1. The van der Waals surface area contributed by atoms with Crippen molar-refractivity contribution in [1.29, 1.82) is 5.26 Å². The molecule has 4 heteroatoms. The van der Waals surface area contributed by atoms with Crippen LogP contribution in [0.3, 0.4) is 0 Å². The summed E-state index contributed by atoms with van der Waals surface area (Å²) in [6.07, 6.45) is 3.18. The normalized spacial score (nSPS) is 35.9. The van der Waals surface area contributed by atoms with Gasteiger partial charge in [0.25, 0.3) is 0 Å². The molecule has 1 aliphatic carbocycles. The van der Waals surface area contributed by atoms with Gasteiger partial charge in [-0.1, -0.05) is 6.92 Å². The Morgan fingerprint density at radius 2 is 2.06 bits per heavy atom. The van der Waals surface area contributed by atoms with Crippen LogP contribution < -0.4 is 5.32 Å². The van der Waals surface area contributed by atoms with E-state index in [-0.39, 0.29) is 5.54 Å². The summed E-state index contributed by atoms with van der Waals surface area (Å²) >= 11 is 0. The van der Waals surface area contributed by atoms with E-state index in [4.69, 9.17) is 0 Å². The molecule has 0 aromatic heterocycles. The van der Waals surface area contributed by atoms with Crippen molar-refractivity contribution in [3.05, 3.63) is 0 Å². The van der Waals surface area contributed by atoms with Crippen LogP contribution in [0.4, 0.5) is 0 Å². The molecule has 0 amide bonds. The lowest BCUT2D eigenvalue weighted by atomic mass is 9.99. The quantitative estimate of drug-likeness (QED) is 0.781. The van der Waals surface area contributed by atoms with E-state index in [0.717, 1.165) is 45.6 Å². The van der Waals surface area contributed by atoms with E-state index < -0.39 is 0 Å². The molecule has 2 fully saturated rings. The average molecular weight is 236 g/mol. The third kappa shape index (κ3) is 2.79. The summed E-state index contributed by atoms with van der Waals surface area (Å²) in [7, 11) is 2.18. The van der Waals surface area contributed by atoms with E-state index in [1.807, 2.05) is 0 Å². The fourth-order valence-electron chi connectivity index (χ4n) is 3.16. The number of nitrogens with zero attached hydrogens (tertiary/aromatic N) is 3. The predicted octanol–water partition coefficient (Wildman–Crippen LogP) is 0.658. The van der Waals surface area contributed by atoms with Gasteiger partial charge in [-0.3, -0.25) is 10.2 Å². The van der Waals surface area contributed by atoms with Crippen LogP contribution in [0.2, 0.25) is 0 Å². The second-order valence-electron chi connectivity index (χ2n) is 5.46. The summed E-state index contributed by atoms with van der Waals surface area (Å²) in [4.78, 5) is 4.96. The number of piperazine rings is 1. The van der Waals surface area contributed by atoms with Gasteiger partial charge in [0.05, 0.1) is 6.07 Å². The van der Waals surface area contributed by atoms with Gasteiger partial charge in [0.15, 0.2) is 0 Å². The number of hydrogen-bond donors (Lipinski definition) is 1. The second kappa shape index (κ2) is 5.34. The number of nitriles is 1. The molecule has 1 saturated heterocycles. The first-order chi connectivity index (χ1) is 8.19. The number of hydrogen-bond acceptors (Lipinski definition) is 4. The van der Waals surface area contributed by atoms with E-state index in [1.54, 1.807) is 0 Å². The van der Waals surface area contributed by atoms with Crippen molar-refractivity contribution in [3.63, 3.8) is 0 Å². The van der Waals surface area contributed by atoms with Crippen molar-refractivity contribution in [2.75, 3.05) is 39.8 Å². The molecule has 96 valence electrons. The molecule has 17 heavy (non-hydrogen) atoms. The molecule has 0 aromatic carbocycles. The number of likely N-dealkylation sites (N-methyl/N-ethyl adjacent to an activating group) is 1. The highest BCUT2D eigenvalue weighted by Gasteiger charge is 2.41. The SMILES string of the molecule is CCNC1(C#N)CCC(N2CCN(C)CC2)C1. The Morgan fingerprint density at radius 1 is 1.35 bits per heavy atom. The Bertz CT molecular complexity index is 290. The smallest absolute Gasteiger partial charge is 0.108 e. The fourth-order valence-corrected chi connectivity index (χ4v) is 3.16. The number of nitrogens with one attached hydrogen (secondary N) is 1. The van der Waals surface area contributed by atoms with Crippen LogP contribution in [0.25, 0.3) is 0 Å². The lowest BCUT2D eigenvalue weighted by Crippen LogP contribution is -2.50. The first-order valence-electron chi connectivity index (χ1n) is 6.78. The largest absolute Gasteiger partial charge is 0.304 e. The maximum Gasteiger partial charge on any atom is 0.108 e. The monoisotopic (exact) mass is 236 g/mol. The van der Waals surface area contributed by atoms with Crippen LogP contribution >= 0.6 is 0 Å². The fraction of sp³-hybridized carbons (Fsp3) is 0.923. The minimum absolute atomic E-state index is 0.247. The Labute approximate surface area is 105 Å². The van der Waals surface area contributed by atoms with Crippen LogP contribution in [0.5, 0.6) is 0 Å². The second-order valence-corrected chi connectivity index (χ2v) is 5.46. The van der Waals surface area contributed by atoms with Gasteiger partial charge in [0.2, 0.25) is 0 Å². The zero-order valence-corrected chi connectivity index (χ0v) is 11.1. The zero-order chi connectivity index (χ0) is 12.3. The minimum atomic E-state index is -0.247. The summed E-state index contributed by atoms with van der Waals surface area (Å²) in [5.41, 5.74) is -0.247. The summed E-state index contributed by atoms with van der Waals surface area (Å²) in [5, 5.41) is 12.8. The molecule has 1 aliphatic heterocycles. The molecule has 1 saturated carbocycles. The van der Waals surface area contributed by atoms with Crippen LogP contribution in [0.15, 0.2) is 0 Å². The van der Waals surface area contributed by atoms with Crippen LogP contribution in [0.1, 0.15) is 26.2 Å². The van der Waals surface area contributed by atoms with E-state index >= 15 is 0 Å². The molecule has 0 radical (unpaired) electrons. The van der Waals surface area contributed by atoms with Gasteiger partial charge < -0.3 is 4.90 Å². The van der Waals surface area contributed by atoms with Gasteiger partial charge in [-0.15, -0.1) is 0 Å². The number of rotatable bonds is 3. The van der Waals surface area contributed by atoms with Gasteiger partial charge in [-0.2, -0.15) is 5.26 Å². The Kier molecular flexibility index (Phi) is 4.03. The van der Waals surface area contributed by atoms with Gasteiger partial charge in [0.1, 0.15) is 5.54 Å². The minimum Gasteiger partial charge on any atom is -0.304 e. The van der Waals surface area contributed by atoms with Crippen molar-refractivity contribution in [3.8, 4) is 6.07 Å². The Balaban J connectivity index is 1.91. The molecule has 1 N–H and O–H groups in total. The summed E-state index contributed by atoms with van der Waals surface area (Å²) in [6, 6.07) is 3.12. The van der Waals surface area contributed by atoms with Crippen LogP contribution in [-0.2, 0) is 0 Å². The molecular formula is C13H24N4. The van der Waals surface area contributed by atoms with Gasteiger partial charge in [-0.25, -0.2) is 0 Å². The van der Waals surface area contributed by atoms with Crippen molar-refractivity contribution < 1.29 is 0 Å². The maximum atomic E-state index is 9.37. The predicted molar refractivity (Wildman–Crippen MR) is 68.7 cm³/mol. The molecule has 2 atom stereocenters. The van der Waals surface area contributed by atoms with Crippen molar-refractivity contribution in [2.45, 2.75) is 37.8 Å². The highest BCUT2D eigenvalue weighted by Crippen LogP contribution is 2.33. The maximum absolute atomic E-state index is 9.37. The molecule has 0 bridgehead atoms. The van der Waals surface area contributed by atoms with Crippen molar-refractivity contribution in [2.24, 2.45) is 0 Å². The summed E-state index contributed by atoms with van der Waals surface area (Å²) < 4.78 is 0. The van der Waals surface area contributed by atoms with E-state index in [2.05, 4.69) is 35.2 Å². The van der Waals surface area contributed by atoms with Crippen LogP contribution in [0, 0.1) is 11.3 Å². The van der Waals surface area contributed by atoms with Gasteiger partial charge in [0, 0.05) is 32.2 Å². The van der Waals surface area contributed by atoms with Gasteiger partial charge in [-0.05, 0) is 32.9 Å². The van der Waals surface area contributed by atoms with E-state index in [1.165, 1.54) is 6.42 Å². The van der Waals surface area contributed by atoms with E-state index in [9.17, 15) is 5.26 Å². The average Bonchev–Trinajstić information content (AvgIpc) is 2.76. The molecule has 0 aromatic rings. The van der Waals surface area contributed by atoms with Crippen molar-refractivity contribution >= 4 is 0 Å². The Morgan fingerprint density at radius 3 is 2.65 bits per heavy atom. The third-order valence-corrected chi connectivity index (χ3v) is 4.27. The van der Waals surface area contributed by atoms with Crippen molar-refractivity contribution in [1.82, 2.24) is 15.1 Å².